The Morgan fingerprint density at radius 3 is 2.72 bits per heavy atom. The lowest BCUT2D eigenvalue weighted by atomic mass is 10.1. The number of halogens is 2. The maximum atomic E-state index is 6.07. The number of thioether (sulfide) groups is 1. The van der Waals surface area contributed by atoms with Crippen LogP contribution in [-0.2, 0) is 0 Å². The van der Waals surface area contributed by atoms with Crippen molar-refractivity contribution in [3.8, 4) is 0 Å². The van der Waals surface area contributed by atoms with Crippen molar-refractivity contribution in [1.82, 2.24) is 4.98 Å². The van der Waals surface area contributed by atoms with Crippen LogP contribution in [-0.4, -0.2) is 28.2 Å². The van der Waals surface area contributed by atoms with Gasteiger partial charge in [0.25, 0.3) is 0 Å². The van der Waals surface area contributed by atoms with Gasteiger partial charge < -0.3 is 5.32 Å². The van der Waals surface area contributed by atoms with Crippen LogP contribution < -0.4 is 10.7 Å². The quantitative estimate of drug-likeness (QED) is 0.558. The number of aromatic nitrogens is 1. The summed E-state index contributed by atoms with van der Waals surface area (Å²) < 4.78 is 0. The van der Waals surface area contributed by atoms with Crippen molar-refractivity contribution in [2.24, 2.45) is 10.1 Å². The van der Waals surface area contributed by atoms with Crippen LogP contribution in [0.4, 0.5) is 11.5 Å². The summed E-state index contributed by atoms with van der Waals surface area (Å²) in [6.45, 7) is 2.81. The minimum Gasteiger partial charge on any atom is -0.335 e. The first-order chi connectivity index (χ1) is 12.1. The summed E-state index contributed by atoms with van der Waals surface area (Å²) in [5.74, 6) is 1.58. The second kappa shape index (κ2) is 8.56. The Kier molecular flexibility index (Phi) is 6.18. The van der Waals surface area contributed by atoms with Gasteiger partial charge in [0.2, 0.25) is 0 Å². The van der Waals surface area contributed by atoms with E-state index in [0.717, 1.165) is 40.8 Å². The zero-order valence-corrected chi connectivity index (χ0v) is 15.9. The van der Waals surface area contributed by atoms with Gasteiger partial charge >= 0.3 is 0 Å². The third kappa shape index (κ3) is 5.11. The topological polar surface area (TPSA) is 61.7 Å². The van der Waals surface area contributed by atoms with Gasteiger partial charge in [-0.3, -0.25) is 10.4 Å². The van der Waals surface area contributed by atoms with E-state index < -0.39 is 0 Å². The average molecular weight is 394 g/mol. The van der Waals surface area contributed by atoms with E-state index in [0.29, 0.717) is 15.9 Å². The van der Waals surface area contributed by atoms with Gasteiger partial charge in [-0.15, -0.1) is 0 Å². The van der Waals surface area contributed by atoms with Crippen LogP contribution >= 0.6 is 35.0 Å². The molecule has 0 unspecified atom stereocenters. The summed E-state index contributed by atoms with van der Waals surface area (Å²) >= 11 is 13.7. The van der Waals surface area contributed by atoms with E-state index in [1.54, 1.807) is 17.8 Å². The number of anilines is 2. The molecule has 2 aromatic rings. The molecule has 2 N–H and O–H groups in total. The van der Waals surface area contributed by atoms with Crippen molar-refractivity contribution in [2.75, 3.05) is 23.0 Å². The van der Waals surface area contributed by atoms with Crippen LogP contribution in [0.5, 0.6) is 0 Å². The molecule has 1 aromatic heterocycles. The number of nitrogens with zero attached hydrogens (tertiary/aromatic N) is 3. The van der Waals surface area contributed by atoms with Crippen LogP contribution in [0, 0.1) is 0 Å². The number of aliphatic imine (C=N–C) groups is 1. The molecule has 1 aliphatic heterocycles. The molecule has 130 valence electrons. The van der Waals surface area contributed by atoms with E-state index in [4.69, 9.17) is 23.2 Å². The van der Waals surface area contributed by atoms with Crippen molar-refractivity contribution < 1.29 is 0 Å². The summed E-state index contributed by atoms with van der Waals surface area (Å²) in [4.78, 5) is 8.58. The fraction of sp³-hybridized carbons (Fsp3) is 0.235. The highest BCUT2D eigenvalue weighted by molar-refractivity contribution is 8.14. The Labute approximate surface area is 160 Å². The second-order valence-electron chi connectivity index (χ2n) is 5.38. The Morgan fingerprint density at radius 1 is 1.24 bits per heavy atom. The minimum atomic E-state index is 0.425. The van der Waals surface area contributed by atoms with Gasteiger partial charge in [-0.1, -0.05) is 47.1 Å². The van der Waals surface area contributed by atoms with E-state index in [1.165, 1.54) is 6.20 Å². The molecule has 0 spiro atoms. The molecule has 8 heteroatoms. The van der Waals surface area contributed by atoms with Gasteiger partial charge in [0, 0.05) is 24.2 Å². The molecule has 1 aliphatic rings. The number of hydrazone groups is 1. The number of amidine groups is 1. The highest BCUT2D eigenvalue weighted by Crippen LogP contribution is 2.22. The summed E-state index contributed by atoms with van der Waals surface area (Å²) in [5, 5.41) is 9.56. The lowest BCUT2D eigenvalue weighted by Crippen LogP contribution is -2.13. The number of hydrogen-bond acceptors (Lipinski definition) is 6. The molecule has 3 rings (SSSR count). The van der Waals surface area contributed by atoms with Gasteiger partial charge in [-0.05, 0) is 37.1 Å². The molecule has 0 bridgehead atoms. The molecule has 0 saturated carbocycles. The van der Waals surface area contributed by atoms with Gasteiger partial charge in [0.05, 0.1) is 15.8 Å². The second-order valence-corrected chi connectivity index (χ2v) is 7.31. The Morgan fingerprint density at radius 2 is 2.04 bits per heavy atom. The van der Waals surface area contributed by atoms with Crippen molar-refractivity contribution in [2.45, 2.75) is 13.3 Å². The zero-order chi connectivity index (χ0) is 17.6. The summed E-state index contributed by atoms with van der Waals surface area (Å²) in [5.41, 5.74) is 5.71. The summed E-state index contributed by atoms with van der Waals surface area (Å²) in [6, 6.07) is 9.66. The molecule has 0 radical (unpaired) electrons. The van der Waals surface area contributed by atoms with Crippen LogP contribution in [0.15, 0.2) is 46.6 Å². The van der Waals surface area contributed by atoms with E-state index in [1.807, 2.05) is 31.2 Å². The van der Waals surface area contributed by atoms with E-state index >= 15 is 0 Å². The fourth-order valence-electron chi connectivity index (χ4n) is 2.15. The van der Waals surface area contributed by atoms with Gasteiger partial charge in [0.15, 0.2) is 11.0 Å². The van der Waals surface area contributed by atoms with Gasteiger partial charge in [-0.25, -0.2) is 4.98 Å². The maximum Gasteiger partial charge on any atom is 0.165 e. The SMILES string of the molecule is C/C(=N/Nc1ncc(Cl)cc1Cl)c1ccc(NC2=NCCCS2)cc1. The van der Waals surface area contributed by atoms with Crippen molar-refractivity contribution in [1.29, 1.82) is 0 Å². The normalized spacial score (nSPS) is 14.8. The number of hydrogen-bond donors (Lipinski definition) is 2. The fourth-order valence-corrected chi connectivity index (χ4v) is 3.41. The van der Waals surface area contributed by atoms with Gasteiger partial charge in [0.1, 0.15) is 0 Å². The monoisotopic (exact) mass is 393 g/mol. The van der Waals surface area contributed by atoms with E-state index in [9.17, 15) is 0 Å². The highest BCUT2D eigenvalue weighted by Gasteiger charge is 2.07. The number of pyridine rings is 1. The number of nitrogens with one attached hydrogen (secondary N) is 2. The van der Waals surface area contributed by atoms with E-state index in [2.05, 4.69) is 25.8 Å². The molecule has 0 amide bonds. The Balaban J connectivity index is 1.65. The summed E-state index contributed by atoms with van der Waals surface area (Å²) in [7, 11) is 0. The molecule has 25 heavy (non-hydrogen) atoms. The predicted molar refractivity (Wildman–Crippen MR) is 110 cm³/mol. The average Bonchev–Trinajstić information content (AvgIpc) is 2.62. The number of rotatable bonds is 4. The molecular formula is C17H17Cl2N5S. The largest absolute Gasteiger partial charge is 0.335 e. The van der Waals surface area contributed by atoms with Gasteiger partial charge in [-0.2, -0.15) is 5.10 Å². The number of benzene rings is 1. The molecule has 2 heterocycles. The molecule has 1 aromatic carbocycles. The smallest absolute Gasteiger partial charge is 0.165 e. The lowest BCUT2D eigenvalue weighted by molar-refractivity contribution is 0.938. The highest BCUT2D eigenvalue weighted by atomic mass is 35.5. The molecular weight excluding hydrogens is 377 g/mol. The first-order valence-corrected chi connectivity index (χ1v) is 9.52. The van der Waals surface area contributed by atoms with Crippen LogP contribution in [0.2, 0.25) is 10.0 Å². The van der Waals surface area contributed by atoms with Crippen molar-refractivity contribution in [3.05, 3.63) is 52.1 Å². The molecule has 0 saturated heterocycles. The minimum absolute atomic E-state index is 0.425. The van der Waals surface area contributed by atoms with E-state index in [-0.39, 0.29) is 0 Å². The molecule has 0 atom stereocenters. The standard InChI is InChI=1S/C17H17Cl2N5S/c1-11(23-24-16-15(19)9-13(18)10-21-16)12-3-5-14(6-4-12)22-17-20-7-2-8-25-17/h3-6,9-10H,2,7-8H2,1H3,(H,20,22)(H,21,24)/b23-11-. The van der Waals surface area contributed by atoms with Crippen molar-refractivity contribution in [3.63, 3.8) is 0 Å². The lowest BCUT2D eigenvalue weighted by Gasteiger charge is -2.13. The Hall–Kier alpha value is -1.76. The first-order valence-electron chi connectivity index (χ1n) is 7.78. The Bertz CT molecular complexity index is 805. The maximum absolute atomic E-state index is 6.07. The molecule has 0 fully saturated rings. The summed E-state index contributed by atoms with van der Waals surface area (Å²) in [6.07, 6.45) is 2.66. The van der Waals surface area contributed by atoms with Crippen LogP contribution in [0.3, 0.4) is 0 Å². The molecule has 5 nitrogen and oxygen atoms in total. The van der Waals surface area contributed by atoms with Crippen LogP contribution in [0.25, 0.3) is 0 Å². The van der Waals surface area contributed by atoms with Crippen molar-refractivity contribution >= 4 is 57.3 Å². The third-order valence-electron chi connectivity index (χ3n) is 3.49. The third-order valence-corrected chi connectivity index (χ3v) is 4.98. The zero-order valence-electron chi connectivity index (χ0n) is 13.6. The first kappa shape index (κ1) is 18.0. The molecule has 0 aliphatic carbocycles. The van der Waals surface area contributed by atoms with Crippen LogP contribution in [0.1, 0.15) is 18.9 Å². The predicted octanol–water partition coefficient (Wildman–Crippen LogP) is 5.13.